The molecule has 0 saturated carbocycles. The summed E-state index contributed by atoms with van der Waals surface area (Å²) in [5.41, 5.74) is 4.87. The summed E-state index contributed by atoms with van der Waals surface area (Å²) in [7, 11) is 1.60. The molecule has 3 aromatic carbocycles. The van der Waals surface area contributed by atoms with Gasteiger partial charge in [0, 0.05) is 11.6 Å². The lowest BCUT2D eigenvalue weighted by Gasteiger charge is -2.15. The van der Waals surface area contributed by atoms with Crippen LogP contribution in [0.5, 0.6) is 17.2 Å². The van der Waals surface area contributed by atoms with Crippen LogP contribution in [0.3, 0.4) is 0 Å². The monoisotopic (exact) mass is 469 g/mol. The number of aromatic nitrogens is 1. The molecule has 0 saturated heterocycles. The average molecular weight is 470 g/mol. The molecule has 4 aromatic rings. The number of pyridine rings is 1. The molecule has 0 aliphatic carbocycles. The zero-order chi connectivity index (χ0) is 24.8. The van der Waals surface area contributed by atoms with Crippen LogP contribution < -0.4 is 14.2 Å². The third-order valence-electron chi connectivity index (χ3n) is 5.60. The molecule has 1 aromatic heterocycles. The first-order valence-corrected chi connectivity index (χ1v) is 11.2. The Bertz CT molecular complexity index is 1330. The fourth-order valence-electron chi connectivity index (χ4n) is 3.76. The summed E-state index contributed by atoms with van der Waals surface area (Å²) in [5, 5.41) is 9.71. The normalized spacial score (nSPS) is 10.6. The van der Waals surface area contributed by atoms with Gasteiger partial charge in [0.05, 0.1) is 24.1 Å². The number of rotatable bonds is 9. The lowest BCUT2D eigenvalue weighted by atomic mass is 10.1. The minimum atomic E-state index is -1.06. The van der Waals surface area contributed by atoms with Crippen LogP contribution >= 0.6 is 0 Å². The number of carboxylic acid groups (broad SMARTS) is 1. The fraction of sp³-hybridized carbons (Fsp3) is 0.172. The number of methoxy groups -OCH3 is 1. The molecule has 0 radical (unpaired) electrons. The highest BCUT2D eigenvalue weighted by atomic mass is 16.5. The Hall–Kier alpha value is -4.32. The number of carbonyl (C=O) groups is 1. The molecule has 0 bridgehead atoms. The van der Waals surface area contributed by atoms with Gasteiger partial charge in [-0.15, -0.1) is 0 Å². The van der Waals surface area contributed by atoms with E-state index in [0.717, 1.165) is 22.3 Å². The Balaban J connectivity index is 1.66. The molecule has 1 N–H and O–H groups in total. The number of aromatic carboxylic acids is 1. The first kappa shape index (κ1) is 23.8. The number of hydrogen-bond donors (Lipinski definition) is 1. The lowest BCUT2D eigenvalue weighted by molar-refractivity contribution is 0.0693. The van der Waals surface area contributed by atoms with Crippen LogP contribution in [0, 0.1) is 13.8 Å². The summed E-state index contributed by atoms with van der Waals surface area (Å²) in [6.45, 7) is 4.36. The number of nitrogens with zero attached hydrogens (tertiary/aromatic N) is 1. The first-order valence-electron chi connectivity index (χ1n) is 11.2. The second-order valence-corrected chi connectivity index (χ2v) is 8.19. The summed E-state index contributed by atoms with van der Waals surface area (Å²) in [4.78, 5) is 16.5. The van der Waals surface area contributed by atoms with E-state index in [9.17, 15) is 9.90 Å². The summed E-state index contributed by atoms with van der Waals surface area (Å²) < 4.78 is 17.5. The van der Waals surface area contributed by atoms with Crippen molar-refractivity contribution in [3.63, 3.8) is 0 Å². The molecular weight excluding hydrogens is 442 g/mol. The van der Waals surface area contributed by atoms with E-state index in [4.69, 9.17) is 14.2 Å². The molecule has 0 aliphatic heterocycles. The topological polar surface area (TPSA) is 77.9 Å². The van der Waals surface area contributed by atoms with Gasteiger partial charge in [-0.05, 0) is 55.3 Å². The highest BCUT2D eigenvalue weighted by Gasteiger charge is 2.17. The molecule has 0 amide bonds. The van der Waals surface area contributed by atoms with Crippen molar-refractivity contribution in [1.82, 2.24) is 4.98 Å². The Morgan fingerprint density at radius 1 is 0.857 bits per heavy atom. The number of hydrogen-bond acceptors (Lipinski definition) is 5. The van der Waals surface area contributed by atoms with Crippen LogP contribution in [0.15, 0.2) is 78.9 Å². The van der Waals surface area contributed by atoms with E-state index in [1.54, 1.807) is 25.3 Å². The SMILES string of the molecule is COc1ccc(-c2ccc(C(=O)O)c(COc3ccc(C)cc3C)n2)c(OCc2ccccc2)c1. The summed E-state index contributed by atoms with van der Waals surface area (Å²) in [5.74, 6) is 0.872. The molecule has 178 valence electrons. The predicted molar refractivity (Wildman–Crippen MR) is 134 cm³/mol. The highest BCUT2D eigenvalue weighted by Crippen LogP contribution is 2.34. The molecular formula is C29H27NO5. The van der Waals surface area contributed by atoms with E-state index in [0.29, 0.717) is 35.2 Å². The van der Waals surface area contributed by atoms with Crippen LogP contribution in [0.25, 0.3) is 11.3 Å². The largest absolute Gasteiger partial charge is 0.497 e. The molecule has 0 fully saturated rings. The second-order valence-electron chi connectivity index (χ2n) is 8.19. The van der Waals surface area contributed by atoms with Gasteiger partial charge in [0.2, 0.25) is 0 Å². The standard InChI is InChI=1S/C29H27NO5/c1-19-9-14-27(20(2)15-19)35-18-26-24(29(31)32)12-13-25(30-26)23-11-10-22(33-3)16-28(23)34-17-21-7-5-4-6-8-21/h4-16H,17-18H2,1-3H3,(H,31,32). The summed E-state index contributed by atoms with van der Waals surface area (Å²) in [6, 6.07) is 24.4. The Kier molecular flexibility index (Phi) is 7.31. The smallest absolute Gasteiger partial charge is 0.337 e. The lowest BCUT2D eigenvalue weighted by Crippen LogP contribution is -2.09. The Morgan fingerprint density at radius 2 is 1.63 bits per heavy atom. The van der Waals surface area contributed by atoms with E-state index in [2.05, 4.69) is 4.98 Å². The van der Waals surface area contributed by atoms with Gasteiger partial charge >= 0.3 is 5.97 Å². The molecule has 0 aliphatic rings. The molecule has 1 heterocycles. The van der Waals surface area contributed by atoms with Gasteiger partial charge in [0.25, 0.3) is 0 Å². The maximum atomic E-state index is 11.9. The zero-order valence-electron chi connectivity index (χ0n) is 19.9. The van der Waals surface area contributed by atoms with E-state index in [-0.39, 0.29) is 12.2 Å². The van der Waals surface area contributed by atoms with Gasteiger partial charge in [0.15, 0.2) is 0 Å². The Morgan fingerprint density at radius 3 is 2.34 bits per heavy atom. The van der Waals surface area contributed by atoms with E-state index in [1.807, 2.05) is 74.5 Å². The van der Waals surface area contributed by atoms with Crippen molar-refractivity contribution in [1.29, 1.82) is 0 Å². The second kappa shape index (κ2) is 10.7. The average Bonchev–Trinajstić information content (AvgIpc) is 2.87. The van der Waals surface area contributed by atoms with E-state index >= 15 is 0 Å². The van der Waals surface area contributed by atoms with E-state index in [1.165, 1.54) is 0 Å². The molecule has 35 heavy (non-hydrogen) atoms. The van der Waals surface area contributed by atoms with Crippen LogP contribution in [0.4, 0.5) is 0 Å². The van der Waals surface area contributed by atoms with Crippen molar-refractivity contribution < 1.29 is 24.1 Å². The van der Waals surface area contributed by atoms with Crippen LogP contribution in [-0.4, -0.2) is 23.2 Å². The van der Waals surface area contributed by atoms with Crippen molar-refractivity contribution in [2.75, 3.05) is 7.11 Å². The van der Waals surface area contributed by atoms with Gasteiger partial charge in [-0.1, -0.05) is 48.0 Å². The minimum Gasteiger partial charge on any atom is -0.497 e. The van der Waals surface area contributed by atoms with Crippen LogP contribution in [-0.2, 0) is 13.2 Å². The molecule has 0 unspecified atom stereocenters. The molecule has 6 heteroatoms. The van der Waals surface area contributed by atoms with Gasteiger partial charge < -0.3 is 19.3 Å². The number of benzene rings is 3. The predicted octanol–water partition coefficient (Wildman–Crippen LogP) is 6.23. The third kappa shape index (κ3) is 5.79. The fourth-order valence-corrected chi connectivity index (χ4v) is 3.76. The Labute approximate surface area is 204 Å². The van der Waals surface area contributed by atoms with Crippen molar-refractivity contribution in [3.8, 4) is 28.5 Å². The summed E-state index contributed by atoms with van der Waals surface area (Å²) >= 11 is 0. The maximum absolute atomic E-state index is 11.9. The van der Waals surface area contributed by atoms with Gasteiger partial charge in [-0.2, -0.15) is 0 Å². The number of aryl methyl sites for hydroxylation is 2. The maximum Gasteiger partial charge on any atom is 0.337 e. The summed E-state index contributed by atoms with van der Waals surface area (Å²) in [6.07, 6.45) is 0. The van der Waals surface area contributed by atoms with Crippen molar-refractivity contribution in [2.45, 2.75) is 27.1 Å². The van der Waals surface area contributed by atoms with Crippen molar-refractivity contribution >= 4 is 5.97 Å². The van der Waals surface area contributed by atoms with Crippen molar-refractivity contribution in [2.24, 2.45) is 0 Å². The van der Waals surface area contributed by atoms with E-state index < -0.39 is 5.97 Å². The zero-order valence-corrected chi connectivity index (χ0v) is 19.9. The van der Waals surface area contributed by atoms with Gasteiger partial charge in [-0.25, -0.2) is 9.78 Å². The molecule has 0 spiro atoms. The molecule has 0 atom stereocenters. The molecule has 4 rings (SSSR count). The first-order chi connectivity index (χ1) is 16.9. The minimum absolute atomic E-state index is 0.0235. The number of carboxylic acids is 1. The van der Waals surface area contributed by atoms with Gasteiger partial charge in [0.1, 0.15) is 30.5 Å². The molecule has 6 nitrogen and oxygen atoms in total. The third-order valence-corrected chi connectivity index (χ3v) is 5.60. The van der Waals surface area contributed by atoms with Gasteiger partial charge in [-0.3, -0.25) is 0 Å². The van der Waals surface area contributed by atoms with Crippen molar-refractivity contribution in [3.05, 3.63) is 107 Å². The highest BCUT2D eigenvalue weighted by molar-refractivity contribution is 5.89. The quantitative estimate of drug-likeness (QED) is 0.313. The number of ether oxygens (including phenoxy) is 3. The van der Waals surface area contributed by atoms with Crippen LogP contribution in [0.2, 0.25) is 0 Å². The van der Waals surface area contributed by atoms with Crippen LogP contribution in [0.1, 0.15) is 32.7 Å².